The van der Waals surface area contributed by atoms with Gasteiger partial charge in [-0.3, -0.25) is 14.3 Å². The highest BCUT2D eigenvalue weighted by Gasteiger charge is 2.37. The molecule has 2 aliphatic heterocycles. The van der Waals surface area contributed by atoms with Crippen LogP contribution >= 0.6 is 11.8 Å². The number of thioether (sulfide) groups is 1. The second kappa shape index (κ2) is 6.09. The van der Waals surface area contributed by atoms with Gasteiger partial charge in [0.05, 0.1) is 17.8 Å². The first-order valence-corrected chi connectivity index (χ1v) is 8.54. The Labute approximate surface area is 128 Å². The minimum Gasteiger partial charge on any atom is -0.341 e. The Morgan fingerprint density at radius 1 is 1.43 bits per heavy atom. The van der Waals surface area contributed by atoms with Crippen molar-refractivity contribution < 1.29 is 9.59 Å². The second-order valence-electron chi connectivity index (χ2n) is 5.40. The molecule has 6 nitrogen and oxygen atoms in total. The Balaban J connectivity index is 1.67. The van der Waals surface area contributed by atoms with Crippen LogP contribution in [0, 0.1) is 5.92 Å². The van der Waals surface area contributed by atoms with Gasteiger partial charge in [-0.2, -0.15) is 16.9 Å². The van der Waals surface area contributed by atoms with Gasteiger partial charge >= 0.3 is 0 Å². The summed E-state index contributed by atoms with van der Waals surface area (Å²) in [4.78, 5) is 28.3. The van der Waals surface area contributed by atoms with Gasteiger partial charge in [-0.25, -0.2) is 0 Å². The van der Waals surface area contributed by atoms with Gasteiger partial charge in [-0.05, 0) is 6.92 Å². The fourth-order valence-corrected chi connectivity index (χ4v) is 3.73. The first-order valence-electron chi connectivity index (χ1n) is 7.38. The van der Waals surface area contributed by atoms with Gasteiger partial charge in [-0.15, -0.1) is 0 Å². The van der Waals surface area contributed by atoms with Crippen molar-refractivity contribution >= 4 is 29.3 Å². The smallest absolute Gasteiger partial charge is 0.228 e. The first kappa shape index (κ1) is 14.4. The number of rotatable bonds is 3. The van der Waals surface area contributed by atoms with E-state index in [9.17, 15) is 9.59 Å². The molecule has 0 unspecified atom stereocenters. The highest BCUT2D eigenvalue weighted by Crippen LogP contribution is 2.26. The molecule has 3 rings (SSSR count). The molecular weight excluding hydrogens is 288 g/mol. The molecule has 1 atom stereocenters. The molecule has 0 N–H and O–H groups in total. The van der Waals surface area contributed by atoms with Gasteiger partial charge in [0.15, 0.2) is 0 Å². The average molecular weight is 308 g/mol. The molecular formula is C14H20N4O2S. The number of nitrogens with zero attached hydrogens (tertiary/aromatic N) is 4. The van der Waals surface area contributed by atoms with E-state index in [0.717, 1.165) is 36.8 Å². The lowest BCUT2D eigenvalue weighted by Crippen LogP contribution is -2.42. The zero-order valence-electron chi connectivity index (χ0n) is 12.2. The summed E-state index contributed by atoms with van der Waals surface area (Å²) in [6.45, 7) is 4.87. The number of hydrogen-bond donors (Lipinski definition) is 0. The van der Waals surface area contributed by atoms with Crippen molar-refractivity contribution in [2.75, 3.05) is 36.0 Å². The van der Waals surface area contributed by atoms with Crippen LogP contribution in [0.25, 0.3) is 0 Å². The number of carbonyl (C=O) groups is 2. The van der Waals surface area contributed by atoms with Gasteiger partial charge in [0, 0.05) is 50.3 Å². The summed E-state index contributed by atoms with van der Waals surface area (Å²) >= 11 is 1.88. The van der Waals surface area contributed by atoms with E-state index >= 15 is 0 Å². The van der Waals surface area contributed by atoms with Crippen LogP contribution in [0.5, 0.6) is 0 Å². The van der Waals surface area contributed by atoms with Crippen LogP contribution in [0.15, 0.2) is 12.4 Å². The van der Waals surface area contributed by atoms with Crippen molar-refractivity contribution in [1.29, 1.82) is 0 Å². The fraction of sp³-hybridized carbons (Fsp3) is 0.643. The highest BCUT2D eigenvalue weighted by molar-refractivity contribution is 7.99. The summed E-state index contributed by atoms with van der Waals surface area (Å²) in [5.41, 5.74) is 0.798. The van der Waals surface area contributed by atoms with Crippen LogP contribution in [0.3, 0.4) is 0 Å². The minimum atomic E-state index is -0.203. The van der Waals surface area contributed by atoms with Crippen LogP contribution in [0.1, 0.15) is 13.3 Å². The van der Waals surface area contributed by atoms with Gasteiger partial charge in [0.25, 0.3) is 0 Å². The summed E-state index contributed by atoms with van der Waals surface area (Å²) in [6.07, 6.45) is 3.88. The maximum Gasteiger partial charge on any atom is 0.228 e. The predicted octanol–water partition coefficient (Wildman–Crippen LogP) is 0.831. The Kier molecular flexibility index (Phi) is 4.19. The van der Waals surface area contributed by atoms with Crippen molar-refractivity contribution in [1.82, 2.24) is 14.7 Å². The van der Waals surface area contributed by atoms with Crippen molar-refractivity contribution in [3.63, 3.8) is 0 Å². The Morgan fingerprint density at radius 2 is 2.19 bits per heavy atom. The van der Waals surface area contributed by atoms with E-state index in [0.29, 0.717) is 13.0 Å². The molecule has 0 radical (unpaired) electrons. The fourth-order valence-electron chi connectivity index (χ4n) is 2.83. The lowest BCUT2D eigenvalue weighted by Gasteiger charge is -2.28. The molecule has 0 aliphatic carbocycles. The summed E-state index contributed by atoms with van der Waals surface area (Å²) in [7, 11) is 0. The zero-order chi connectivity index (χ0) is 14.8. The van der Waals surface area contributed by atoms with Crippen LogP contribution in [0.4, 0.5) is 5.69 Å². The number of anilines is 1. The SMILES string of the molecule is CCn1cc(N2C[C@H](C(=O)N3CCSCC3)CC2=O)cn1. The van der Waals surface area contributed by atoms with E-state index in [1.165, 1.54) is 0 Å². The molecule has 21 heavy (non-hydrogen) atoms. The van der Waals surface area contributed by atoms with Crippen LogP contribution in [-0.2, 0) is 16.1 Å². The first-order chi connectivity index (χ1) is 10.2. The molecule has 0 bridgehead atoms. The Bertz CT molecular complexity index is 539. The molecule has 2 saturated heterocycles. The largest absolute Gasteiger partial charge is 0.341 e. The number of aromatic nitrogens is 2. The quantitative estimate of drug-likeness (QED) is 0.830. The summed E-state index contributed by atoms with van der Waals surface area (Å²) < 4.78 is 1.79. The lowest BCUT2D eigenvalue weighted by molar-refractivity contribution is -0.135. The topological polar surface area (TPSA) is 58.4 Å². The maximum atomic E-state index is 12.5. The molecule has 1 aromatic heterocycles. The van der Waals surface area contributed by atoms with E-state index < -0.39 is 0 Å². The molecule has 0 saturated carbocycles. The molecule has 3 heterocycles. The zero-order valence-corrected chi connectivity index (χ0v) is 13.0. The van der Waals surface area contributed by atoms with Gasteiger partial charge in [0.2, 0.25) is 11.8 Å². The van der Waals surface area contributed by atoms with Crippen molar-refractivity contribution in [2.24, 2.45) is 5.92 Å². The molecule has 0 spiro atoms. The highest BCUT2D eigenvalue weighted by atomic mass is 32.2. The molecule has 2 amide bonds. The molecule has 2 fully saturated rings. The number of hydrogen-bond acceptors (Lipinski definition) is 4. The lowest BCUT2D eigenvalue weighted by atomic mass is 10.1. The third-order valence-electron chi connectivity index (χ3n) is 4.05. The molecule has 1 aromatic rings. The van der Waals surface area contributed by atoms with E-state index in [1.807, 2.05) is 29.8 Å². The minimum absolute atomic E-state index is 0.0235. The molecule has 7 heteroatoms. The van der Waals surface area contributed by atoms with Crippen LogP contribution < -0.4 is 4.90 Å². The van der Waals surface area contributed by atoms with Gasteiger partial charge in [0.1, 0.15) is 0 Å². The van der Waals surface area contributed by atoms with Crippen LogP contribution in [-0.4, -0.2) is 57.6 Å². The number of aryl methyl sites for hydroxylation is 1. The van der Waals surface area contributed by atoms with Gasteiger partial charge < -0.3 is 9.80 Å². The van der Waals surface area contributed by atoms with Crippen LogP contribution in [0.2, 0.25) is 0 Å². The Morgan fingerprint density at radius 3 is 2.86 bits per heavy atom. The monoisotopic (exact) mass is 308 g/mol. The molecule has 0 aromatic carbocycles. The average Bonchev–Trinajstić information content (AvgIpc) is 3.13. The normalized spacial score (nSPS) is 22.9. The van der Waals surface area contributed by atoms with E-state index in [2.05, 4.69) is 5.10 Å². The Hall–Kier alpha value is -1.50. The molecule has 2 aliphatic rings. The van der Waals surface area contributed by atoms with E-state index in [1.54, 1.807) is 15.8 Å². The van der Waals surface area contributed by atoms with Crippen molar-refractivity contribution in [3.05, 3.63) is 12.4 Å². The van der Waals surface area contributed by atoms with Crippen molar-refractivity contribution in [3.8, 4) is 0 Å². The second-order valence-corrected chi connectivity index (χ2v) is 6.62. The standard InChI is InChI=1S/C14H20N4O2S/c1-2-17-10-12(8-15-17)18-9-11(7-13(18)19)14(20)16-3-5-21-6-4-16/h8,10-11H,2-7,9H2,1H3/t11-/m1/s1. The summed E-state index contributed by atoms with van der Waals surface area (Å²) in [6, 6.07) is 0. The number of amides is 2. The summed E-state index contributed by atoms with van der Waals surface area (Å²) in [5, 5.41) is 4.20. The van der Waals surface area contributed by atoms with E-state index in [4.69, 9.17) is 0 Å². The number of carbonyl (C=O) groups excluding carboxylic acids is 2. The van der Waals surface area contributed by atoms with E-state index in [-0.39, 0.29) is 17.7 Å². The predicted molar refractivity (Wildman–Crippen MR) is 82.3 cm³/mol. The maximum absolute atomic E-state index is 12.5. The third kappa shape index (κ3) is 2.92. The van der Waals surface area contributed by atoms with Gasteiger partial charge in [-0.1, -0.05) is 0 Å². The van der Waals surface area contributed by atoms with Crippen molar-refractivity contribution in [2.45, 2.75) is 19.9 Å². The molecule has 114 valence electrons. The third-order valence-corrected chi connectivity index (χ3v) is 4.99. The summed E-state index contributed by atoms with van der Waals surface area (Å²) in [5.74, 6) is 1.95.